The molecule has 316 valence electrons. The fourth-order valence-corrected chi connectivity index (χ4v) is 10.1. The number of aromatic amines is 1. The Morgan fingerprint density at radius 2 is 1.77 bits per heavy atom. The van der Waals surface area contributed by atoms with Crippen LogP contribution in [0.1, 0.15) is 59.5 Å². The molecule has 16 heteroatoms. The summed E-state index contributed by atoms with van der Waals surface area (Å²) in [6, 6.07) is 16.6. The van der Waals surface area contributed by atoms with Gasteiger partial charge >= 0.3 is 11.9 Å². The number of nitrogens with one attached hydrogen (secondary N) is 1. The third kappa shape index (κ3) is 6.55. The molecular weight excluding hydrogens is 778 g/mol. The summed E-state index contributed by atoms with van der Waals surface area (Å²) in [4.78, 5) is 36.9. The predicted molar refractivity (Wildman–Crippen MR) is 213 cm³/mol. The van der Waals surface area contributed by atoms with Gasteiger partial charge in [-0.2, -0.15) is 0 Å². The van der Waals surface area contributed by atoms with E-state index in [9.17, 15) is 55.5 Å². The number of anilines is 1. The summed E-state index contributed by atoms with van der Waals surface area (Å²) in [7, 11) is 0. The minimum absolute atomic E-state index is 0.0148. The maximum absolute atomic E-state index is 14.8. The van der Waals surface area contributed by atoms with Gasteiger partial charge in [0.2, 0.25) is 0 Å². The molecule has 2 aliphatic carbocycles. The lowest BCUT2D eigenvalue weighted by molar-refractivity contribution is -0.422. The smallest absolute Gasteiger partial charge is 0.355 e. The van der Waals surface area contributed by atoms with E-state index in [1.54, 1.807) is 24.4 Å². The van der Waals surface area contributed by atoms with Crippen molar-refractivity contribution >= 4 is 23.6 Å². The molecule has 8 rings (SSSR count). The summed E-state index contributed by atoms with van der Waals surface area (Å²) in [6.07, 6.45) is 4.41. The Kier molecular flexibility index (Phi) is 10.8. The molecule has 4 aliphatic rings. The normalized spacial score (nSPS) is 32.2. The van der Waals surface area contributed by atoms with Crippen molar-refractivity contribution in [2.24, 2.45) is 11.8 Å². The van der Waals surface area contributed by atoms with Gasteiger partial charge in [0.1, 0.15) is 24.1 Å². The van der Waals surface area contributed by atoms with E-state index in [1.165, 1.54) is 36.7 Å². The van der Waals surface area contributed by atoms with Gasteiger partial charge in [0.05, 0.1) is 18.6 Å². The average Bonchev–Trinajstić information content (AvgIpc) is 3.98. The Balaban J connectivity index is 1.27. The quantitative estimate of drug-likeness (QED) is 0.0591. The number of carboxylic acid groups (broad SMARTS) is 1. The number of hydrogen-bond donors (Lipinski definition) is 10. The van der Waals surface area contributed by atoms with Crippen LogP contribution in [0, 0.1) is 11.8 Å². The predicted octanol–water partition coefficient (Wildman–Crippen LogP) is 2.18. The van der Waals surface area contributed by atoms with Crippen molar-refractivity contribution in [3.63, 3.8) is 0 Å². The molecule has 10 N–H and O–H groups in total. The van der Waals surface area contributed by atoms with Crippen LogP contribution in [0.3, 0.4) is 0 Å². The molecule has 16 nitrogen and oxygen atoms in total. The zero-order valence-corrected chi connectivity index (χ0v) is 32.3. The van der Waals surface area contributed by atoms with Crippen molar-refractivity contribution in [1.82, 2.24) is 9.97 Å². The SMILES string of the molecule is O=C(/C=C/c1ccc(O)c(Cc2cnc[nH]2)c1)N1c2cc(O[C@]3(O)O[C@H](CO)[C@@H](O)[C@H](O)[C@H]3O)c(O)cc2[C@H]2[C@H]([C@@]3(c4ccccc4)CCCC[C@H]3CO)C=C[C@]21C(=O)O. The first kappa shape index (κ1) is 41.2. The molecule has 1 amide bonds. The first-order valence-electron chi connectivity index (χ1n) is 19.8. The van der Waals surface area contributed by atoms with Crippen LogP contribution in [0.5, 0.6) is 17.2 Å². The number of phenols is 2. The van der Waals surface area contributed by atoms with Gasteiger partial charge in [0.15, 0.2) is 23.1 Å². The second-order valence-corrected chi connectivity index (χ2v) is 16.0. The topological polar surface area (TPSA) is 267 Å². The standard InChI is InChI=1S/C44H47N3O13/c48-21-27-8-4-5-14-42(27,26-6-2-1-3-7-26)30-13-15-43(41(56)57)37(30)29-18-33(51)34(59-44(58)40(55)39(54)38(53)35(22-49)60-44)19-31(29)47(43)36(52)12-10-24-9-11-32(50)25(16-24)17-28-20-45-23-46-28/h1-3,6-7,9-13,15-16,18-20,23,27,30,35,37-40,48-51,53-55,58H,4-5,8,14,17,21-22H2,(H,45,46)(H,56,57)/b12-10+/t27-,30+,35+,37-,38+,39-,40+,42+,43+,44-/m0/s1. The van der Waals surface area contributed by atoms with Gasteiger partial charge in [0.25, 0.3) is 5.91 Å². The van der Waals surface area contributed by atoms with Gasteiger partial charge in [-0.3, -0.25) is 9.69 Å². The van der Waals surface area contributed by atoms with Crippen molar-refractivity contribution in [2.75, 3.05) is 18.1 Å². The fourth-order valence-electron chi connectivity index (χ4n) is 10.1. The van der Waals surface area contributed by atoms with Crippen LogP contribution in [0.2, 0.25) is 0 Å². The minimum atomic E-state index is -3.14. The van der Waals surface area contributed by atoms with Crippen LogP contribution < -0.4 is 9.64 Å². The third-order valence-corrected chi connectivity index (χ3v) is 12.9. The molecule has 4 aromatic rings. The monoisotopic (exact) mass is 825 g/mol. The van der Waals surface area contributed by atoms with Crippen LogP contribution in [0.15, 0.2) is 91.4 Å². The van der Waals surface area contributed by atoms with Crippen LogP contribution in [-0.2, 0) is 26.2 Å². The van der Waals surface area contributed by atoms with Crippen molar-refractivity contribution in [2.45, 2.75) is 79.4 Å². The number of H-pyrrole nitrogens is 1. The lowest BCUT2D eigenvalue weighted by atomic mass is 9.53. The second-order valence-electron chi connectivity index (χ2n) is 16.0. The Hall–Kier alpha value is -5.59. The maximum atomic E-state index is 14.8. The van der Waals surface area contributed by atoms with Crippen LogP contribution in [0.4, 0.5) is 5.69 Å². The van der Waals surface area contributed by atoms with Gasteiger partial charge in [-0.15, -0.1) is 0 Å². The maximum Gasteiger partial charge on any atom is 0.355 e. The Morgan fingerprint density at radius 3 is 2.47 bits per heavy atom. The van der Waals surface area contributed by atoms with Crippen LogP contribution in [0.25, 0.3) is 6.08 Å². The summed E-state index contributed by atoms with van der Waals surface area (Å²) >= 11 is 0. The number of ether oxygens (including phenoxy) is 2. The second kappa shape index (κ2) is 15.8. The summed E-state index contributed by atoms with van der Waals surface area (Å²) < 4.78 is 10.9. The van der Waals surface area contributed by atoms with E-state index in [1.807, 2.05) is 30.3 Å². The van der Waals surface area contributed by atoms with Crippen LogP contribution in [-0.4, -0.2) is 117 Å². The number of hydrogen-bond acceptors (Lipinski definition) is 13. The number of amides is 1. The zero-order valence-electron chi connectivity index (χ0n) is 32.3. The summed E-state index contributed by atoms with van der Waals surface area (Å²) in [5.74, 6) is -8.54. The summed E-state index contributed by atoms with van der Waals surface area (Å²) in [5, 5.41) is 97.2. The van der Waals surface area contributed by atoms with E-state index in [-0.39, 0.29) is 29.5 Å². The molecule has 0 unspecified atom stereocenters. The van der Waals surface area contributed by atoms with E-state index in [4.69, 9.17) is 9.47 Å². The lowest BCUT2D eigenvalue weighted by Crippen LogP contribution is -2.67. The first-order valence-corrected chi connectivity index (χ1v) is 19.8. The number of rotatable bonds is 11. The molecule has 1 saturated carbocycles. The number of benzene rings is 3. The Bertz CT molecular complexity index is 2300. The number of aromatic hydroxyl groups is 2. The summed E-state index contributed by atoms with van der Waals surface area (Å²) in [5.41, 5.74) is -0.0425. The van der Waals surface area contributed by atoms with Gasteiger partial charge in [-0.25, -0.2) is 9.78 Å². The number of carbonyl (C=O) groups is 2. The number of phenolic OH excluding ortho intramolecular Hbond substituents is 2. The highest BCUT2D eigenvalue weighted by molar-refractivity contribution is 6.13. The molecule has 1 aromatic heterocycles. The number of fused-ring (bicyclic) bond motifs is 3. The fraction of sp³-hybridized carbons (Fsp3) is 0.386. The van der Waals surface area contributed by atoms with Crippen molar-refractivity contribution in [3.05, 3.63) is 119 Å². The zero-order chi connectivity index (χ0) is 42.6. The highest BCUT2D eigenvalue weighted by Gasteiger charge is 2.67. The number of imidazole rings is 1. The molecule has 0 bridgehead atoms. The number of aromatic nitrogens is 2. The molecule has 3 aromatic carbocycles. The summed E-state index contributed by atoms with van der Waals surface area (Å²) in [6.45, 7) is -1.09. The number of aliphatic carboxylic acids is 1. The molecule has 1 saturated heterocycles. The Morgan fingerprint density at radius 1 is 0.983 bits per heavy atom. The number of carbonyl (C=O) groups excluding carboxylic acids is 1. The van der Waals surface area contributed by atoms with Gasteiger partial charge in [-0.05, 0) is 65.6 Å². The van der Waals surface area contributed by atoms with E-state index >= 15 is 0 Å². The van der Waals surface area contributed by atoms with Crippen molar-refractivity contribution in [1.29, 1.82) is 0 Å². The Labute approximate surface area is 343 Å². The first-order chi connectivity index (χ1) is 28.8. The van der Waals surface area contributed by atoms with E-state index < -0.39 is 83.2 Å². The number of nitrogens with zero attached hydrogens (tertiary/aromatic N) is 2. The molecule has 60 heavy (non-hydrogen) atoms. The number of carboxylic acids is 1. The molecule has 0 spiro atoms. The van der Waals surface area contributed by atoms with Crippen molar-refractivity contribution < 1.29 is 65.0 Å². The largest absolute Gasteiger partial charge is 0.508 e. The van der Waals surface area contributed by atoms with Gasteiger partial charge in [0, 0.05) is 54.0 Å². The van der Waals surface area contributed by atoms with Gasteiger partial charge < -0.3 is 60.4 Å². The van der Waals surface area contributed by atoms with E-state index in [0.29, 0.717) is 30.4 Å². The number of aliphatic hydroxyl groups is 6. The van der Waals surface area contributed by atoms with E-state index in [2.05, 4.69) is 9.97 Å². The molecule has 10 atom stereocenters. The minimum Gasteiger partial charge on any atom is -0.508 e. The number of aliphatic hydroxyl groups excluding tert-OH is 5. The van der Waals surface area contributed by atoms with Crippen LogP contribution >= 0.6 is 0 Å². The third-order valence-electron chi connectivity index (χ3n) is 12.9. The lowest BCUT2D eigenvalue weighted by Gasteiger charge is -2.50. The highest BCUT2D eigenvalue weighted by Crippen LogP contribution is 2.65. The molecule has 3 heterocycles. The highest BCUT2D eigenvalue weighted by atomic mass is 16.8. The number of allylic oxidation sites excluding steroid dienone is 1. The molecule has 2 aliphatic heterocycles. The van der Waals surface area contributed by atoms with E-state index in [0.717, 1.165) is 35.1 Å². The molecule has 0 radical (unpaired) electrons. The molecule has 2 fully saturated rings. The van der Waals surface area contributed by atoms with Gasteiger partial charge in [-0.1, -0.05) is 61.4 Å². The van der Waals surface area contributed by atoms with Crippen molar-refractivity contribution in [3.8, 4) is 17.2 Å². The molecular formula is C44H47N3O13. The average molecular weight is 826 g/mol.